The minimum atomic E-state index is -0.421. The first-order valence-electron chi connectivity index (χ1n) is 6.27. The molecular weight excluding hydrogens is 248 g/mol. The van der Waals surface area contributed by atoms with Crippen LogP contribution in [0.25, 0.3) is 0 Å². The Kier molecular flexibility index (Phi) is 3.47. The van der Waals surface area contributed by atoms with Gasteiger partial charge in [0.2, 0.25) is 0 Å². The summed E-state index contributed by atoms with van der Waals surface area (Å²) in [5, 5.41) is 0.651. The molecule has 0 amide bonds. The van der Waals surface area contributed by atoms with Gasteiger partial charge in [-0.05, 0) is 40.2 Å². The van der Waals surface area contributed by atoms with E-state index < -0.39 is 7.12 Å². The largest absolute Gasteiger partial charge is 0.496 e. The Balaban J connectivity index is 2.35. The predicted octanol–water partition coefficient (Wildman–Crippen LogP) is 2.60. The fourth-order valence-electron chi connectivity index (χ4n) is 1.90. The Hall–Kier alpha value is -0.575. The maximum Gasteiger partial charge on any atom is 0.496 e. The van der Waals surface area contributed by atoms with Crippen molar-refractivity contribution in [1.82, 2.24) is 4.98 Å². The number of pyridine rings is 1. The second kappa shape index (κ2) is 4.51. The van der Waals surface area contributed by atoms with Gasteiger partial charge in [0, 0.05) is 11.7 Å². The van der Waals surface area contributed by atoms with Crippen LogP contribution in [-0.2, 0) is 15.7 Å². The van der Waals surface area contributed by atoms with Crippen LogP contribution in [0.3, 0.4) is 0 Å². The molecule has 0 aromatic carbocycles. The number of halogens is 1. The van der Waals surface area contributed by atoms with Gasteiger partial charge in [-0.2, -0.15) is 0 Å². The van der Waals surface area contributed by atoms with E-state index in [-0.39, 0.29) is 11.2 Å². The summed E-state index contributed by atoms with van der Waals surface area (Å²) < 4.78 is 12.0. The van der Waals surface area contributed by atoms with E-state index in [1.165, 1.54) is 0 Å². The maximum atomic E-state index is 6.35. The molecule has 5 heteroatoms. The molecule has 0 saturated carbocycles. The lowest BCUT2D eigenvalue weighted by molar-refractivity contribution is 0.00578. The Bertz CT molecular complexity index is 446. The van der Waals surface area contributed by atoms with Gasteiger partial charge in [-0.25, -0.2) is 0 Å². The van der Waals surface area contributed by atoms with Crippen molar-refractivity contribution in [2.75, 3.05) is 0 Å². The number of rotatable bonds is 2. The summed E-state index contributed by atoms with van der Waals surface area (Å²) in [5.74, 6) is 0. The van der Waals surface area contributed by atoms with E-state index in [2.05, 4.69) is 4.98 Å². The van der Waals surface area contributed by atoms with E-state index in [4.69, 9.17) is 20.9 Å². The molecule has 0 unspecified atom stereocenters. The van der Waals surface area contributed by atoms with Gasteiger partial charge in [-0.3, -0.25) is 4.98 Å². The maximum absolute atomic E-state index is 6.35. The molecule has 1 aliphatic rings. The van der Waals surface area contributed by atoms with Gasteiger partial charge < -0.3 is 9.31 Å². The van der Waals surface area contributed by atoms with Gasteiger partial charge in [0.05, 0.1) is 21.9 Å². The van der Waals surface area contributed by atoms with E-state index in [1.54, 1.807) is 6.20 Å². The lowest BCUT2D eigenvalue weighted by Gasteiger charge is -2.32. The fraction of sp³-hybridized carbons (Fsp3) is 0.615. The Labute approximate surface area is 114 Å². The molecule has 0 radical (unpaired) electrons. The highest BCUT2D eigenvalue weighted by molar-refractivity contribution is 6.65. The van der Waals surface area contributed by atoms with Crippen LogP contribution in [0, 0.1) is 0 Å². The Morgan fingerprint density at radius 3 is 2.28 bits per heavy atom. The fourth-order valence-corrected chi connectivity index (χ4v) is 2.24. The molecule has 0 bridgehead atoms. The summed E-state index contributed by atoms with van der Waals surface area (Å²) in [6, 6.07) is 1.86. The van der Waals surface area contributed by atoms with Crippen molar-refractivity contribution in [3.8, 4) is 0 Å². The second-order valence-corrected chi connectivity index (χ2v) is 5.98. The third-order valence-corrected chi connectivity index (χ3v) is 4.27. The van der Waals surface area contributed by atoms with Crippen LogP contribution >= 0.6 is 11.6 Å². The average Bonchev–Trinajstić information content (AvgIpc) is 2.48. The normalized spacial score (nSPS) is 21.3. The predicted molar refractivity (Wildman–Crippen MR) is 74.3 cm³/mol. The lowest BCUT2D eigenvalue weighted by atomic mass is 9.79. The van der Waals surface area contributed by atoms with Crippen molar-refractivity contribution < 1.29 is 9.31 Å². The van der Waals surface area contributed by atoms with Crippen molar-refractivity contribution in [2.45, 2.75) is 52.2 Å². The number of aromatic nitrogens is 1. The van der Waals surface area contributed by atoms with Crippen LogP contribution in [0.4, 0.5) is 0 Å². The first-order valence-corrected chi connectivity index (χ1v) is 6.65. The highest BCUT2D eigenvalue weighted by Gasteiger charge is 2.52. The molecule has 1 aromatic rings. The molecular formula is C13H19BClNO2. The number of hydrogen-bond acceptors (Lipinski definition) is 3. The summed E-state index contributed by atoms with van der Waals surface area (Å²) >= 11 is 6.35. The van der Waals surface area contributed by atoms with Gasteiger partial charge in [0.15, 0.2) is 0 Å². The van der Waals surface area contributed by atoms with Gasteiger partial charge >= 0.3 is 7.12 Å². The zero-order valence-corrected chi connectivity index (χ0v) is 12.3. The topological polar surface area (TPSA) is 31.4 Å². The van der Waals surface area contributed by atoms with Gasteiger partial charge in [0.25, 0.3) is 0 Å². The highest BCUT2D eigenvalue weighted by Crippen LogP contribution is 2.37. The van der Waals surface area contributed by atoms with E-state index in [0.717, 1.165) is 17.6 Å². The van der Waals surface area contributed by atoms with Crippen molar-refractivity contribution in [2.24, 2.45) is 0 Å². The lowest BCUT2D eigenvalue weighted by Crippen LogP contribution is -2.41. The third-order valence-electron chi connectivity index (χ3n) is 3.83. The smallest absolute Gasteiger partial charge is 0.399 e. The van der Waals surface area contributed by atoms with E-state index in [1.807, 2.05) is 40.7 Å². The van der Waals surface area contributed by atoms with Gasteiger partial charge in [-0.15, -0.1) is 0 Å². The molecule has 1 aromatic heterocycles. The molecule has 2 rings (SSSR count). The molecule has 1 saturated heterocycles. The van der Waals surface area contributed by atoms with Crippen LogP contribution in [0.2, 0.25) is 5.02 Å². The zero-order chi connectivity index (χ0) is 13.6. The number of hydrogen-bond donors (Lipinski definition) is 0. The Morgan fingerprint density at radius 2 is 1.78 bits per heavy atom. The van der Waals surface area contributed by atoms with Crippen molar-refractivity contribution >= 4 is 24.2 Å². The van der Waals surface area contributed by atoms with Crippen LogP contribution < -0.4 is 5.46 Å². The van der Waals surface area contributed by atoms with Gasteiger partial charge in [0.1, 0.15) is 0 Å². The summed E-state index contributed by atoms with van der Waals surface area (Å²) in [6.07, 6.45) is 2.55. The first kappa shape index (κ1) is 13.8. The zero-order valence-electron chi connectivity index (χ0n) is 11.6. The van der Waals surface area contributed by atoms with Crippen molar-refractivity contribution in [3.63, 3.8) is 0 Å². The van der Waals surface area contributed by atoms with Crippen LogP contribution in [-0.4, -0.2) is 23.3 Å². The number of aryl methyl sites for hydroxylation is 1. The minimum Gasteiger partial charge on any atom is -0.399 e. The summed E-state index contributed by atoms with van der Waals surface area (Å²) in [6.45, 7) is 10.2. The third kappa shape index (κ3) is 2.17. The van der Waals surface area contributed by atoms with E-state index >= 15 is 0 Å². The molecule has 2 heterocycles. The molecule has 0 aliphatic carbocycles. The monoisotopic (exact) mass is 267 g/mol. The molecule has 3 nitrogen and oxygen atoms in total. The Morgan fingerprint density at radius 1 is 1.22 bits per heavy atom. The molecule has 0 atom stereocenters. The second-order valence-electron chi connectivity index (χ2n) is 5.60. The molecule has 98 valence electrons. The van der Waals surface area contributed by atoms with Crippen LogP contribution in [0.15, 0.2) is 12.3 Å². The first-order chi connectivity index (χ1) is 8.28. The standard InChI is InChI=1S/C13H19BClNO2/c1-6-10-11(15)9(7-8-16-10)14-17-12(2,3)13(4,5)18-14/h7-8H,6H2,1-5H3. The minimum absolute atomic E-state index is 0.351. The summed E-state index contributed by atoms with van der Waals surface area (Å²) in [4.78, 5) is 4.26. The summed E-state index contributed by atoms with van der Waals surface area (Å²) in [7, 11) is -0.421. The molecule has 18 heavy (non-hydrogen) atoms. The highest BCUT2D eigenvalue weighted by atomic mass is 35.5. The van der Waals surface area contributed by atoms with Crippen molar-refractivity contribution in [3.05, 3.63) is 23.0 Å². The summed E-state index contributed by atoms with van der Waals surface area (Å²) in [5.41, 5.74) is 1.04. The van der Waals surface area contributed by atoms with Gasteiger partial charge in [-0.1, -0.05) is 18.5 Å². The molecule has 1 fully saturated rings. The van der Waals surface area contributed by atoms with Crippen molar-refractivity contribution in [1.29, 1.82) is 0 Å². The molecule has 1 aliphatic heterocycles. The van der Waals surface area contributed by atoms with Crippen LogP contribution in [0.1, 0.15) is 40.3 Å². The molecule has 0 N–H and O–H groups in total. The average molecular weight is 268 g/mol. The molecule has 0 spiro atoms. The van der Waals surface area contributed by atoms with E-state index in [0.29, 0.717) is 5.02 Å². The quantitative estimate of drug-likeness (QED) is 0.772. The SMILES string of the molecule is CCc1nccc(B2OC(C)(C)C(C)(C)O2)c1Cl. The number of nitrogens with zero attached hydrogens (tertiary/aromatic N) is 1. The van der Waals surface area contributed by atoms with Crippen LogP contribution in [0.5, 0.6) is 0 Å². The van der Waals surface area contributed by atoms with E-state index in [9.17, 15) is 0 Å².